The van der Waals surface area contributed by atoms with Crippen molar-refractivity contribution in [1.29, 1.82) is 0 Å². The van der Waals surface area contributed by atoms with Crippen molar-refractivity contribution in [3.8, 4) is 0 Å². The van der Waals surface area contributed by atoms with Crippen molar-refractivity contribution in [2.24, 2.45) is 0 Å². The Bertz CT molecular complexity index is 545. The smallest absolute Gasteiger partial charge is 0.242 e. The molecule has 6 heteroatoms. The molecule has 1 atom stereocenters. The molecule has 1 fully saturated rings. The van der Waals surface area contributed by atoms with Gasteiger partial charge in [0.2, 0.25) is 17.7 Å². The summed E-state index contributed by atoms with van der Waals surface area (Å²) >= 11 is 1.65. The van der Waals surface area contributed by atoms with Crippen molar-refractivity contribution in [2.75, 3.05) is 12.3 Å². The Labute approximate surface area is 207 Å². The Balaban J connectivity index is 2.23. The number of thioether (sulfide) groups is 1. The first-order valence-electron chi connectivity index (χ1n) is 13.8. The molecule has 1 aliphatic rings. The maximum atomic E-state index is 12.6. The van der Waals surface area contributed by atoms with Crippen molar-refractivity contribution in [3.63, 3.8) is 0 Å². The standard InChI is InChI=1S/C27H50N2O3S/c1-4-7-10-16-21-33-24-22-26(31)29(27(24)32)20-15-11-14-19-25(30)28-23(17-12-8-5-2)18-13-9-6-3/h23-24H,4-22H2,1-3H3,(H,28,30). The zero-order chi connectivity index (χ0) is 24.3. The zero-order valence-electron chi connectivity index (χ0n) is 21.7. The van der Waals surface area contributed by atoms with Gasteiger partial charge >= 0.3 is 0 Å². The van der Waals surface area contributed by atoms with Gasteiger partial charge in [0, 0.05) is 25.4 Å². The lowest BCUT2D eigenvalue weighted by molar-refractivity contribution is -0.138. The summed E-state index contributed by atoms with van der Waals surface area (Å²) in [6, 6.07) is 0.312. The Morgan fingerprint density at radius 1 is 0.879 bits per heavy atom. The first kappa shape index (κ1) is 30.0. The minimum Gasteiger partial charge on any atom is -0.353 e. The summed E-state index contributed by atoms with van der Waals surface area (Å²) < 4.78 is 0. The van der Waals surface area contributed by atoms with Crippen LogP contribution in [-0.4, -0.2) is 46.2 Å². The van der Waals surface area contributed by atoms with E-state index in [9.17, 15) is 14.4 Å². The minimum absolute atomic E-state index is 0.000217. The monoisotopic (exact) mass is 482 g/mol. The molecule has 0 bridgehead atoms. The quantitative estimate of drug-likeness (QED) is 0.147. The van der Waals surface area contributed by atoms with Crippen LogP contribution >= 0.6 is 11.8 Å². The van der Waals surface area contributed by atoms with E-state index < -0.39 is 0 Å². The summed E-state index contributed by atoms with van der Waals surface area (Å²) in [4.78, 5) is 38.7. The predicted molar refractivity (Wildman–Crippen MR) is 140 cm³/mol. The second-order valence-corrected chi connectivity index (χ2v) is 10.9. The van der Waals surface area contributed by atoms with E-state index in [1.807, 2.05) is 0 Å². The molecule has 192 valence electrons. The highest BCUT2D eigenvalue weighted by Gasteiger charge is 2.38. The van der Waals surface area contributed by atoms with Crippen LogP contribution in [0, 0.1) is 0 Å². The van der Waals surface area contributed by atoms with Gasteiger partial charge in [0.25, 0.3) is 0 Å². The molecule has 0 aromatic heterocycles. The number of likely N-dealkylation sites (tertiary alicyclic amines) is 1. The molecule has 1 unspecified atom stereocenters. The van der Waals surface area contributed by atoms with E-state index in [0.717, 1.165) is 44.3 Å². The summed E-state index contributed by atoms with van der Waals surface area (Å²) in [7, 11) is 0. The van der Waals surface area contributed by atoms with Crippen LogP contribution in [0.1, 0.15) is 130 Å². The SMILES string of the molecule is CCCCCCSC1CC(=O)N(CCCCCC(=O)NC(CCCCC)CCCCC)C1=O. The molecule has 0 spiro atoms. The Kier molecular flexibility index (Phi) is 17.5. The maximum absolute atomic E-state index is 12.6. The fraction of sp³-hybridized carbons (Fsp3) is 0.889. The number of rotatable bonds is 21. The fourth-order valence-corrected chi connectivity index (χ4v) is 5.56. The molecule has 1 heterocycles. The minimum atomic E-state index is -0.178. The number of imide groups is 1. The molecule has 0 saturated carbocycles. The lowest BCUT2D eigenvalue weighted by Crippen LogP contribution is -2.34. The van der Waals surface area contributed by atoms with E-state index in [1.54, 1.807) is 11.8 Å². The number of nitrogens with one attached hydrogen (secondary N) is 1. The van der Waals surface area contributed by atoms with Crippen LogP contribution in [0.15, 0.2) is 0 Å². The number of amides is 3. The normalized spacial score (nSPS) is 16.2. The molecule has 0 aromatic carbocycles. The van der Waals surface area contributed by atoms with Crippen LogP contribution in [0.25, 0.3) is 0 Å². The second kappa shape index (κ2) is 19.3. The van der Waals surface area contributed by atoms with E-state index in [1.165, 1.54) is 62.7 Å². The molecule has 1 aliphatic heterocycles. The third kappa shape index (κ3) is 13.4. The van der Waals surface area contributed by atoms with Crippen LogP contribution in [-0.2, 0) is 14.4 Å². The van der Waals surface area contributed by atoms with Crippen LogP contribution in [0.3, 0.4) is 0 Å². The maximum Gasteiger partial charge on any atom is 0.242 e. The molecule has 0 radical (unpaired) electrons. The number of hydrogen-bond acceptors (Lipinski definition) is 4. The van der Waals surface area contributed by atoms with Crippen molar-refractivity contribution < 1.29 is 14.4 Å². The van der Waals surface area contributed by atoms with Gasteiger partial charge in [-0.3, -0.25) is 19.3 Å². The largest absolute Gasteiger partial charge is 0.353 e. The lowest BCUT2D eigenvalue weighted by Gasteiger charge is -2.19. The van der Waals surface area contributed by atoms with Crippen LogP contribution < -0.4 is 5.32 Å². The first-order chi connectivity index (χ1) is 16.0. The molecule has 1 saturated heterocycles. The average Bonchev–Trinajstić information content (AvgIpc) is 3.06. The van der Waals surface area contributed by atoms with Gasteiger partial charge in [-0.05, 0) is 37.9 Å². The summed E-state index contributed by atoms with van der Waals surface area (Å²) in [5, 5.41) is 3.08. The van der Waals surface area contributed by atoms with Gasteiger partial charge in [0.1, 0.15) is 0 Å². The number of unbranched alkanes of at least 4 members (excludes halogenated alkanes) is 9. The second-order valence-electron chi connectivity index (χ2n) is 9.57. The fourth-order valence-electron chi connectivity index (χ4n) is 4.37. The highest BCUT2D eigenvalue weighted by atomic mass is 32.2. The third-order valence-corrected chi connectivity index (χ3v) is 7.78. The third-order valence-electron chi connectivity index (χ3n) is 6.48. The summed E-state index contributed by atoms with van der Waals surface area (Å²) in [5.41, 5.74) is 0. The highest BCUT2D eigenvalue weighted by molar-refractivity contribution is 8.00. The van der Waals surface area contributed by atoms with E-state index >= 15 is 0 Å². The van der Waals surface area contributed by atoms with Gasteiger partial charge in [-0.15, -0.1) is 11.8 Å². The van der Waals surface area contributed by atoms with Gasteiger partial charge < -0.3 is 5.32 Å². The molecular weight excluding hydrogens is 432 g/mol. The number of carbonyl (C=O) groups excluding carboxylic acids is 3. The van der Waals surface area contributed by atoms with Gasteiger partial charge in [0.05, 0.1) is 5.25 Å². The van der Waals surface area contributed by atoms with E-state index in [4.69, 9.17) is 0 Å². The highest BCUT2D eigenvalue weighted by Crippen LogP contribution is 2.26. The number of nitrogens with zero attached hydrogens (tertiary/aromatic N) is 1. The summed E-state index contributed by atoms with van der Waals surface area (Å²) in [6.07, 6.45) is 17.5. The molecule has 5 nitrogen and oxygen atoms in total. The van der Waals surface area contributed by atoms with E-state index in [2.05, 4.69) is 26.1 Å². The van der Waals surface area contributed by atoms with Gasteiger partial charge in [-0.25, -0.2) is 0 Å². The summed E-state index contributed by atoms with van der Waals surface area (Å²) in [6.45, 7) is 7.11. The number of carbonyl (C=O) groups is 3. The van der Waals surface area contributed by atoms with Crippen molar-refractivity contribution in [3.05, 3.63) is 0 Å². The number of hydrogen-bond donors (Lipinski definition) is 1. The van der Waals surface area contributed by atoms with Gasteiger partial charge in [-0.1, -0.05) is 85.0 Å². The van der Waals surface area contributed by atoms with Crippen molar-refractivity contribution in [1.82, 2.24) is 10.2 Å². The summed E-state index contributed by atoms with van der Waals surface area (Å²) in [5.74, 6) is 1.09. The van der Waals surface area contributed by atoms with Crippen LogP contribution in [0.5, 0.6) is 0 Å². The van der Waals surface area contributed by atoms with E-state index in [0.29, 0.717) is 25.4 Å². The Morgan fingerprint density at radius 2 is 1.48 bits per heavy atom. The Hall–Kier alpha value is -1.04. The van der Waals surface area contributed by atoms with Crippen molar-refractivity contribution >= 4 is 29.5 Å². The molecular formula is C27H50N2O3S. The molecule has 0 aliphatic carbocycles. The Morgan fingerprint density at radius 3 is 2.12 bits per heavy atom. The molecule has 33 heavy (non-hydrogen) atoms. The molecule has 0 aromatic rings. The van der Waals surface area contributed by atoms with Crippen molar-refractivity contribution in [2.45, 2.75) is 141 Å². The van der Waals surface area contributed by atoms with Crippen LogP contribution in [0.2, 0.25) is 0 Å². The zero-order valence-corrected chi connectivity index (χ0v) is 22.5. The van der Waals surface area contributed by atoms with Crippen LogP contribution in [0.4, 0.5) is 0 Å². The molecule has 1 rings (SSSR count). The van der Waals surface area contributed by atoms with E-state index in [-0.39, 0.29) is 23.0 Å². The average molecular weight is 483 g/mol. The van der Waals surface area contributed by atoms with Gasteiger partial charge in [0.15, 0.2) is 0 Å². The first-order valence-corrected chi connectivity index (χ1v) is 14.8. The van der Waals surface area contributed by atoms with Gasteiger partial charge in [-0.2, -0.15) is 0 Å². The molecule has 3 amide bonds. The topological polar surface area (TPSA) is 66.5 Å². The molecule has 1 N–H and O–H groups in total. The predicted octanol–water partition coefficient (Wildman–Crippen LogP) is 6.63. The lowest BCUT2D eigenvalue weighted by atomic mass is 10.0.